The predicted molar refractivity (Wildman–Crippen MR) is 59.2 cm³/mol. The van der Waals surface area contributed by atoms with Gasteiger partial charge in [0.25, 0.3) is 0 Å². The monoisotopic (exact) mass is 264 g/mol. The Labute approximate surface area is 105 Å². The van der Waals surface area contributed by atoms with Gasteiger partial charge in [-0.3, -0.25) is 4.79 Å². The Morgan fingerprint density at radius 3 is 2.33 bits per heavy atom. The number of carbonyl (C=O) groups excluding carboxylic acids is 2. The summed E-state index contributed by atoms with van der Waals surface area (Å²) >= 11 is 0. The first-order chi connectivity index (χ1) is 8.29. The van der Waals surface area contributed by atoms with Gasteiger partial charge in [0.15, 0.2) is 0 Å². The first kappa shape index (κ1) is 14.9. The van der Waals surface area contributed by atoms with Gasteiger partial charge in [-0.1, -0.05) is 0 Å². The van der Waals surface area contributed by atoms with Crippen molar-refractivity contribution in [2.75, 3.05) is 7.11 Å². The number of esters is 2. The Bertz CT molecular complexity index is 322. The Hall–Kier alpha value is -1.20. The maximum Gasteiger partial charge on any atom is 0.376 e. The summed E-state index contributed by atoms with van der Waals surface area (Å²) in [5.41, 5.74) is -0.530. The van der Waals surface area contributed by atoms with Gasteiger partial charge in [0.2, 0.25) is 0 Å². The van der Waals surface area contributed by atoms with Gasteiger partial charge in [0, 0.05) is 6.42 Å². The second-order valence-electron chi connectivity index (χ2n) is 4.83. The van der Waals surface area contributed by atoms with Crippen LogP contribution in [0.1, 0.15) is 45.4 Å². The van der Waals surface area contributed by atoms with E-state index in [-0.39, 0.29) is 0 Å². The highest BCUT2D eigenvalue weighted by Crippen LogP contribution is 2.33. The molecule has 0 radical (unpaired) electrons. The molecule has 0 saturated heterocycles. The standard InChI is InChI=1S/C12H18F2O4/c1-11(6-3-4-7-11)18-9(15)5-8-12(13,14)10(16)17-2/h3-8H2,1-2H3. The van der Waals surface area contributed by atoms with E-state index in [4.69, 9.17) is 4.74 Å². The van der Waals surface area contributed by atoms with E-state index in [2.05, 4.69) is 4.74 Å². The normalized spacial score (nSPS) is 18.4. The zero-order valence-electron chi connectivity index (χ0n) is 10.6. The summed E-state index contributed by atoms with van der Waals surface area (Å²) in [5.74, 6) is -5.95. The van der Waals surface area contributed by atoms with Crippen molar-refractivity contribution in [3.8, 4) is 0 Å². The molecule has 18 heavy (non-hydrogen) atoms. The van der Waals surface area contributed by atoms with Crippen LogP contribution in [0, 0.1) is 0 Å². The van der Waals surface area contributed by atoms with Crippen LogP contribution in [0.15, 0.2) is 0 Å². The van der Waals surface area contributed by atoms with E-state index >= 15 is 0 Å². The quantitative estimate of drug-likeness (QED) is 0.716. The highest BCUT2D eigenvalue weighted by molar-refractivity contribution is 5.78. The average Bonchev–Trinajstić information content (AvgIpc) is 2.72. The van der Waals surface area contributed by atoms with Gasteiger partial charge in [-0.05, 0) is 32.6 Å². The lowest BCUT2D eigenvalue weighted by atomic mass is 10.1. The summed E-state index contributed by atoms with van der Waals surface area (Å²) in [7, 11) is 0.883. The number of methoxy groups -OCH3 is 1. The number of ether oxygens (including phenoxy) is 2. The lowest BCUT2D eigenvalue weighted by Crippen LogP contribution is -2.32. The molecule has 0 unspecified atom stereocenters. The van der Waals surface area contributed by atoms with E-state index in [1.807, 2.05) is 0 Å². The smallest absolute Gasteiger partial charge is 0.376 e. The van der Waals surface area contributed by atoms with Crippen molar-refractivity contribution < 1.29 is 27.8 Å². The zero-order chi connectivity index (χ0) is 13.8. The number of rotatable bonds is 5. The lowest BCUT2D eigenvalue weighted by Gasteiger charge is -2.24. The lowest BCUT2D eigenvalue weighted by molar-refractivity contribution is -0.172. The van der Waals surface area contributed by atoms with E-state index in [0.29, 0.717) is 0 Å². The first-order valence-corrected chi connectivity index (χ1v) is 5.97. The molecule has 0 bridgehead atoms. The fourth-order valence-electron chi connectivity index (χ4n) is 2.06. The summed E-state index contributed by atoms with van der Waals surface area (Å²) in [6, 6.07) is 0. The molecular weight excluding hydrogens is 246 g/mol. The molecule has 0 atom stereocenters. The third-order valence-corrected chi connectivity index (χ3v) is 3.15. The Morgan fingerprint density at radius 2 is 1.83 bits per heavy atom. The number of halogens is 2. The fraction of sp³-hybridized carbons (Fsp3) is 0.833. The molecule has 1 rings (SSSR count). The second-order valence-corrected chi connectivity index (χ2v) is 4.83. The third-order valence-electron chi connectivity index (χ3n) is 3.15. The molecule has 0 aromatic heterocycles. The summed E-state index contributed by atoms with van der Waals surface area (Å²) in [4.78, 5) is 22.2. The van der Waals surface area contributed by atoms with Crippen molar-refractivity contribution in [2.45, 2.75) is 57.0 Å². The van der Waals surface area contributed by atoms with E-state index in [1.165, 1.54) is 0 Å². The van der Waals surface area contributed by atoms with Crippen LogP contribution < -0.4 is 0 Å². The van der Waals surface area contributed by atoms with Gasteiger partial charge < -0.3 is 9.47 Å². The zero-order valence-corrected chi connectivity index (χ0v) is 10.6. The summed E-state index contributed by atoms with van der Waals surface area (Å²) in [6.07, 6.45) is 2.09. The van der Waals surface area contributed by atoms with Gasteiger partial charge in [-0.2, -0.15) is 8.78 Å². The van der Waals surface area contributed by atoms with Crippen LogP contribution in [-0.4, -0.2) is 30.6 Å². The number of alkyl halides is 2. The van der Waals surface area contributed by atoms with Crippen LogP contribution in [-0.2, 0) is 19.1 Å². The molecule has 0 spiro atoms. The van der Waals surface area contributed by atoms with E-state index < -0.39 is 36.3 Å². The maximum atomic E-state index is 13.1. The van der Waals surface area contributed by atoms with Crippen LogP contribution in [0.3, 0.4) is 0 Å². The fourth-order valence-corrected chi connectivity index (χ4v) is 2.06. The molecule has 1 saturated carbocycles. The molecule has 1 fully saturated rings. The van der Waals surface area contributed by atoms with Crippen molar-refractivity contribution >= 4 is 11.9 Å². The van der Waals surface area contributed by atoms with E-state index in [0.717, 1.165) is 32.8 Å². The Balaban J connectivity index is 2.39. The molecule has 0 aliphatic heterocycles. The van der Waals surface area contributed by atoms with E-state index in [9.17, 15) is 18.4 Å². The summed E-state index contributed by atoms with van der Waals surface area (Å²) in [6.45, 7) is 1.80. The topological polar surface area (TPSA) is 52.6 Å². The number of carbonyl (C=O) groups is 2. The minimum Gasteiger partial charge on any atom is -0.465 e. The Kier molecular flexibility index (Phi) is 4.65. The average molecular weight is 264 g/mol. The van der Waals surface area contributed by atoms with Gasteiger partial charge >= 0.3 is 17.9 Å². The van der Waals surface area contributed by atoms with E-state index in [1.54, 1.807) is 6.92 Å². The third kappa shape index (κ3) is 3.92. The molecule has 104 valence electrons. The van der Waals surface area contributed by atoms with Crippen molar-refractivity contribution in [3.05, 3.63) is 0 Å². The highest BCUT2D eigenvalue weighted by atomic mass is 19.3. The molecule has 4 nitrogen and oxygen atoms in total. The molecule has 0 aromatic carbocycles. The Morgan fingerprint density at radius 1 is 1.28 bits per heavy atom. The molecule has 1 aliphatic carbocycles. The molecule has 0 amide bonds. The second kappa shape index (κ2) is 5.63. The van der Waals surface area contributed by atoms with Crippen molar-refractivity contribution in [3.63, 3.8) is 0 Å². The van der Waals surface area contributed by atoms with Crippen LogP contribution in [0.5, 0.6) is 0 Å². The van der Waals surface area contributed by atoms with Gasteiger partial charge in [0.1, 0.15) is 5.60 Å². The van der Waals surface area contributed by atoms with Crippen LogP contribution >= 0.6 is 0 Å². The summed E-state index contributed by atoms with van der Waals surface area (Å²) < 4.78 is 35.4. The van der Waals surface area contributed by atoms with Crippen molar-refractivity contribution in [1.29, 1.82) is 0 Å². The molecule has 1 aliphatic rings. The predicted octanol–water partition coefficient (Wildman–Crippen LogP) is 2.45. The number of hydrogen-bond acceptors (Lipinski definition) is 4. The molecular formula is C12H18F2O4. The van der Waals surface area contributed by atoms with Gasteiger partial charge in [-0.15, -0.1) is 0 Å². The molecule has 0 aromatic rings. The van der Waals surface area contributed by atoms with Crippen LogP contribution in [0.25, 0.3) is 0 Å². The highest BCUT2D eigenvalue weighted by Gasteiger charge is 2.41. The van der Waals surface area contributed by atoms with Crippen LogP contribution in [0.2, 0.25) is 0 Å². The molecule has 0 N–H and O–H groups in total. The minimum atomic E-state index is -3.63. The van der Waals surface area contributed by atoms with Crippen molar-refractivity contribution in [1.82, 2.24) is 0 Å². The summed E-state index contributed by atoms with van der Waals surface area (Å²) in [5, 5.41) is 0. The van der Waals surface area contributed by atoms with Gasteiger partial charge in [0.05, 0.1) is 13.5 Å². The van der Waals surface area contributed by atoms with Gasteiger partial charge in [-0.25, -0.2) is 4.79 Å². The maximum absolute atomic E-state index is 13.1. The number of hydrogen-bond donors (Lipinski definition) is 0. The largest absolute Gasteiger partial charge is 0.465 e. The first-order valence-electron chi connectivity index (χ1n) is 5.97. The molecule has 0 heterocycles. The SMILES string of the molecule is COC(=O)C(F)(F)CCC(=O)OC1(C)CCCC1. The van der Waals surface area contributed by atoms with Crippen molar-refractivity contribution in [2.24, 2.45) is 0 Å². The molecule has 6 heteroatoms. The van der Waals surface area contributed by atoms with Crippen LogP contribution in [0.4, 0.5) is 8.78 Å². The minimum absolute atomic E-state index is 0.488.